The third-order valence-electron chi connectivity index (χ3n) is 4.06. The van der Waals surface area contributed by atoms with Gasteiger partial charge in [0.1, 0.15) is 11.6 Å². The van der Waals surface area contributed by atoms with Crippen LogP contribution in [0.25, 0.3) is 11.0 Å². The highest BCUT2D eigenvalue weighted by atomic mass is 19.1. The maximum absolute atomic E-state index is 13.3. The van der Waals surface area contributed by atoms with Crippen LogP contribution < -0.4 is 5.73 Å². The molecule has 0 amide bonds. The number of imidazole rings is 1. The number of piperidine rings is 1. The lowest BCUT2D eigenvalue weighted by Crippen LogP contribution is -2.32. The van der Waals surface area contributed by atoms with Crippen LogP contribution in [0.1, 0.15) is 25.1 Å². The van der Waals surface area contributed by atoms with Crippen LogP contribution in [0.5, 0.6) is 0 Å². The van der Waals surface area contributed by atoms with Crippen molar-refractivity contribution in [3.05, 3.63) is 29.8 Å². The monoisotopic (exact) mass is 276 g/mol. The molecule has 2 N–H and O–H groups in total. The van der Waals surface area contributed by atoms with Crippen molar-refractivity contribution in [3.63, 3.8) is 0 Å². The average molecular weight is 276 g/mol. The van der Waals surface area contributed by atoms with Crippen LogP contribution in [0, 0.1) is 5.82 Å². The van der Waals surface area contributed by atoms with E-state index in [-0.39, 0.29) is 5.82 Å². The Labute approximate surface area is 118 Å². The summed E-state index contributed by atoms with van der Waals surface area (Å²) in [6.45, 7) is 4.62. The normalized spacial score (nSPS) is 16.9. The summed E-state index contributed by atoms with van der Waals surface area (Å²) in [6, 6.07) is 4.76. The Balaban J connectivity index is 1.81. The number of likely N-dealkylation sites (tertiary alicyclic amines) is 1. The fourth-order valence-corrected chi connectivity index (χ4v) is 2.98. The molecule has 0 atom stereocenters. The first-order valence-corrected chi connectivity index (χ1v) is 7.35. The van der Waals surface area contributed by atoms with E-state index in [1.165, 1.54) is 44.5 Å². The summed E-state index contributed by atoms with van der Waals surface area (Å²) in [5, 5.41) is 0. The lowest BCUT2D eigenvalue weighted by Gasteiger charge is -2.26. The van der Waals surface area contributed by atoms with Crippen LogP contribution in [0.4, 0.5) is 4.39 Å². The molecule has 1 aliphatic rings. The van der Waals surface area contributed by atoms with Gasteiger partial charge in [0.2, 0.25) is 0 Å². The van der Waals surface area contributed by atoms with Gasteiger partial charge in [-0.05, 0) is 38.1 Å². The fraction of sp³-hybridized carbons (Fsp3) is 0.533. The molecular weight excluding hydrogens is 255 g/mol. The van der Waals surface area contributed by atoms with E-state index in [1.807, 2.05) is 0 Å². The van der Waals surface area contributed by atoms with Crippen LogP contribution >= 0.6 is 0 Å². The molecule has 0 aliphatic carbocycles. The topological polar surface area (TPSA) is 47.1 Å². The van der Waals surface area contributed by atoms with Gasteiger partial charge in [-0.15, -0.1) is 0 Å². The predicted molar refractivity (Wildman–Crippen MR) is 77.9 cm³/mol. The Morgan fingerprint density at radius 1 is 1.15 bits per heavy atom. The first-order valence-electron chi connectivity index (χ1n) is 7.35. The number of halogens is 1. The summed E-state index contributed by atoms with van der Waals surface area (Å²) >= 11 is 0. The molecule has 3 rings (SSSR count). The van der Waals surface area contributed by atoms with Crippen LogP contribution in [0.2, 0.25) is 0 Å². The zero-order chi connectivity index (χ0) is 13.9. The summed E-state index contributed by atoms with van der Waals surface area (Å²) in [4.78, 5) is 6.92. The lowest BCUT2D eigenvalue weighted by molar-refractivity contribution is 0.221. The molecule has 1 saturated heterocycles. The number of hydrogen-bond donors (Lipinski definition) is 1. The molecule has 1 aromatic heterocycles. The highest BCUT2D eigenvalue weighted by Gasteiger charge is 2.13. The van der Waals surface area contributed by atoms with E-state index in [9.17, 15) is 4.39 Å². The van der Waals surface area contributed by atoms with Gasteiger partial charge in [0.15, 0.2) is 0 Å². The average Bonchev–Trinajstić information content (AvgIpc) is 2.83. The van der Waals surface area contributed by atoms with Gasteiger partial charge in [-0.3, -0.25) is 0 Å². The van der Waals surface area contributed by atoms with E-state index in [1.54, 1.807) is 6.07 Å². The first kappa shape index (κ1) is 13.5. The Morgan fingerprint density at radius 3 is 2.70 bits per heavy atom. The number of nitrogens with two attached hydrogens (primary N) is 1. The molecule has 0 bridgehead atoms. The van der Waals surface area contributed by atoms with Gasteiger partial charge in [0.05, 0.1) is 17.6 Å². The molecule has 1 aromatic carbocycles. The van der Waals surface area contributed by atoms with Crippen LogP contribution in [0.3, 0.4) is 0 Å². The number of fused-ring (bicyclic) bond motifs is 1. The van der Waals surface area contributed by atoms with Crippen molar-refractivity contribution < 1.29 is 4.39 Å². The van der Waals surface area contributed by atoms with Gasteiger partial charge >= 0.3 is 0 Å². The molecule has 1 fully saturated rings. The Kier molecular flexibility index (Phi) is 3.98. The van der Waals surface area contributed by atoms with Crippen molar-refractivity contribution in [2.24, 2.45) is 5.73 Å². The second-order valence-corrected chi connectivity index (χ2v) is 5.42. The second kappa shape index (κ2) is 5.89. The summed E-state index contributed by atoms with van der Waals surface area (Å²) in [6.07, 6.45) is 3.93. The summed E-state index contributed by atoms with van der Waals surface area (Å²) < 4.78 is 15.4. The molecule has 5 heteroatoms. The number of benzene rings is 1. The largest absolute Gasteiger partial charge is 0.326 e. The van der Waals surface area contributed by atoms with Crippen LogP contribution in [0.15, 0.2) is 18.2 Å². The fourth-order valence-electron chi connectivity index (χ4n) is 2.98. The van der Waals surface area contributed by atoms with Gasteiger partial charge in [-0.25, -0.2) is 9.37 Å². The minimum absolute atomic E-state index is 0.248. The summed E-state index contributed by atoms with van der Waals surface area (Å²) in [7, 11) is 0. The zero-order valence-electron chi connectivity index (χ0n) is 11.7. The molecule has 0 saturated carbocycles. The van der Waals surface area contributed by atoms with E-state index in [0.717, 1.165) is 24.4 Å². The molecule has 4 nitrogen and oxygen atoms in total. The minimum Gasteiger partial charge on any atom is -0.326 e. The number of hydrogen-bond acceptors (Lipinski definition) is 3. The Bertz CT molecular complexity index is 587. The molecule has 108 valence electrons. The molecular formula is C15H21FN4. The van der Waals surface area contributed by atoms with Gasteiger partial charge in [0.25, 0.3) is 0 Å². The number of rotatable bonds is 4. The molecule has 20 heavy (non-hydrogen) atoms. The molecule has 1 aliphatic heterocycles. The second-order valence-electron chi connectivity index (χ2n) is 5.42. The zero-order valence-corrected chi connectivity index (χ0v) is 11.7. The van der Waals surface area contributed by atoms with Crippen molar-refractivity contribution in [1.29, 1.82) is 0 Å². The minimum atomic E-state index is -0.248. The van der Waals surface area contributed by atoms with Crippen molar-refractivity contribution in [3.8, 4) is 0 Å². The smallest absolute Gasteiger partial charge is 0.125 e. The Hall–Kier alpha value is -1.46. The molecule has 0 spiro atoms. The maximum Gasteiger partial charge on any atom is 0.125 e. The third kappa shape index (κ3) is 2.69. The van der Waals surface area contributed by atoms with Crippen molar-refractivity contribution in [2.45, 2.75) is 32.4 Å². The quantitative estimate of drug-likeness (QED) is 0.930. The molecule has 0 radical (unpaired) electrons. The van der Waals surface area contributed by atoms with E-state index < -0.39 is 0 Å². The molecule has 2 heterocycles. The van der Waals surface area contributed by atoms with Gasteiger partial charge in [-0.2, -0.15) is 0 Å². The summed E-state index contributed by atoms with van der Waals surface area (Å²) in [5.41, 5.74) is 7.44. The van der Waals surface area contributed by atoms with E-state index in [4.69, 9.17) is 5.73 Å². The van der Waals surface area contributed by atoms with Crippen molar-refractivity contribution in [2.75, 3.05) is 19.6 Å². The third-order valence-corrected chi connectivity index (χ3v) is 4.06. The number of nitrogens with zero attached hydrogens (tertiary/aromatic N) is 3. The summed E-state index contributed by atoms with van der Waals surface area (Å²) in [5.74, 6) is 0.587. The van der Waals surface area contributed by atoms with Crippen molar-refractivity contribution in [1.82, 2.24) is 14.5 Å². The van der Waals surface area contributed by atoms with Crippen LogP contribution in [-0.4, -0.2) is 34.1 Å². The maximum atomic E-state index is 13.3. The molecule has 0 unspecified atom stereocenters. The predicted octanol–water partition coefficient (Wildman–Crippen LogP) is 2.12. The van der Waals surface area contributed by atoms with E-state index >= 15 is 0 Å². The number of aromatic nitrogens is 2. The Morgan fingerprint density at radius 2 is 1.95 bits per heavy atom. The SMILES string of the molecule is NCc1nc2cc(F)ccc2n1CCN1CCCCC1. The van der Waals surface area contributed by atoms with E-state index in [2.05, 4.69) is 14.5 Å². The first-order chi connectivity index (χ1) is 9.78. The molecule has 2 aromatic rings. The van der Waals surface area contributed by atoms with Gasteiger partial charge in [0, 0.05) is 19.2 Å². The van der Waals surface area contributed by atoms with Crippen molar-refractivity contribution >= 4 is 11.0 Å². The highest BCUT2D eigenvalue weighted by molar-refractivity contribution is 5.76. The highest BCUT2D eigenvalue weighted by Crippen LogP contribution is 2.18. The standard InChI is InChI=1S/C15H21FN4/c16-12-4-5-14-13(10-12)18-15(11-17)20(14)9-8-19-6-2-1-3-7-19/h4-5,10H,1-3,6-9,11,17H2. The van der Waals surface area contributed by atoms with E-state index in [0.29, 0.717) is 12.1 Å². The van der Waals surface area contributed by atoms with Crippen LogP contribution in [-0.2, 0) is 13.1 Å². The van der Waals surface area contributed by atoms with Gasteiger partial charge < -0.3 is 15.2 Å². The lowest BCUT2D eigenvalue weighted by atomic mass is 10.1. The van der Waals surface area contributed by atoms with Gasteiger partial charge in [-0.1, -0.05) is 6.42 Å².